The third-order valence-electron chi connectivity index (χ3n) is 3.23. The number of hydrogen-bond donors (Lipinski definition) is 1. The Hall–Kier alpha value is -2.40. The summed E-state index contributed by atoms with van der Waals surface area (Å²) < 4.78 is 6.47. The molecule has 0 fully saturated rings. The van der Waals surface area contributed by atoms with Gasteiger partial charge in [0.2, 0.25) is 0 Å². The second-order valence-corrected chi connectivity index (χ2v) is 5.76. The summed E-state index contributed by atoms with van der Waals surface area (Å²) in [7, 11) is 0. The Balaban J connectivity index is 1.96. The highest BCUT2D eigenvalue weighted by atomic mass is 32.1. The van der Waals surface area contributed by atoms with Gasteiger partial charge in [-0.05, 0) is 31.2 Å². The molecule has 0 aliphatic rings. The number of nitrogens with zero attached hydrogens (tertiary/aromatic N) is 1. The van der Waals surface area contributed by atoms with E-state index in [2.05, 4.69) is 23.0 Å². The molecule has 5 heteroatoms. The summed E-state index contributed by atoms with van der Waals surface area (Å²) in [6.07, 6.45) is 1.42. The maximum Gasteiger partial charge on any atom is 0.268 e. The van der Waals surface area contributed by atoms with Crippen LogP contribution in [-0.2, 0) is 0 Å². The number of nitrogens with one attached hydrogen (secondary N) is 1. The first-order chi connectivity index (χ1) is 9.70. The van der Waals surface area contributed by atoms with Crippen molar-refractivity contribution in [3.05, 3.63) is 52.6 Å². The Kier molecular flexibility index (Phi) is 2.31. The third kappa shape index (κ3) is 1.67. The number of thiophene rings is 1. The summed E-state index contributed by atoms with van der Waals surface area (Å²) in [5.41, 5.74) is 2.63. The van der Waals surface area contributed by atoms with Crippen molar-refractivity contribution in [3.8, 4) is 10.6 Å². The highest BCUT2D eigenvalue weighted by molar-refractivity contribution is 7.22. The fraction of sp³-hybridized carbons (Fsp3) is 0.0667. The third-order valence-corrected chi connectivity index (χ3v) is 4.37. The molecule has 0 amide bonds. The average Bonchev–Trinajstić information content (AvgIpc) is 3.01. The number of rotatable bonds is 1. The topological polar surface area (TPSA) is 58.9 Å². The van der Waals surface area contributed by atoms with E-state index in [1.807, 2.05) is 24.3 Å². The molecule has 1 N–H and O–H groups in total. The molecule has 4 rings (SSSR count). The molecule has 0 radical (unpaired) electrons. The van der Waals surface area contributed by atoms with Gasteiger partial charge >= 0.3 is 0 Å². The van der Waals surface area contributed by atoms with Crippen LogP contribution in [0.3, 0.4) is 0 Å². The summed E-state index contributed by atoms with van der Waals surface area (Å²) in [5.74, 6) is 0.771. The van der Waals surface area contributed by atoms with E-state index >= 15 is 0 Å². The number of aryl methyl sites for hydroxylation is 1. The Morgan fingerprint density at radius 3 is 3.00 bits per heavy atom. The van der Waals surface area contributed by atoms with Gasteiger partial charge in [-0.15, -0.1) is 11.3 Å². The molecule has 0 saturated carbocycles. The fourth-order valence-corrected chi connectivity index (χ4v) is 3.23. The lowest BCUT2D eigenvalue weighted by molar-refractivity contribution is 0.633. The fourth-order valence-electron chi connectivity index (χ4n) is 2.27. The Bertz CT molecular complexity index is 994. The van der Waals surface area contributed by atoms with Gasteiger partial charge in [-0.1, -0.05) is 11.6 Å². The van der Waals surface area contributed by atoms with Crippen molar-refractivity contribution >= 4 is 32.5 Å². The first kappa shape index (κ1) is 11.4. The van der Waals surface area contributed by atoms with Gasteiger partial charge in [0.15, 0.2) is 0 Å². The molecule has 4 aromatic rings. The lowest BCUT2D eigenvalue weighted by Gasteiger charge is -1.89. The van der Waals surface area contributed by atoms with Crippen LogP contribution in [0.1, 0.15) is 5.56 Å². The van der Waals surface area contributed by atoms with E-state index in [-0.39, 0.29) is 5.56 Å². The maximum atomic E-state index is 11.7. The highest BCUT2D eigenvalue weighted by Gasteiger charge is 2.12. The molecule has 0 aliphatic heterocycles. The van der Waals surface area contributed by atoms with E-state index in [0.717, 1.165) is 21.6 Å². The summed E-state index contributed by atoms with van der Waals surface area (Å²) >= 11 is 1.40. The van der Waals surface area contributed by atoms with Crippen LogP contribution in [0.4, 0.5) is 0 Å². The van der Waals surface area contributed by atoms with Crippen LogP contribution < -0.4 is 5.56 Å². The van der Waals surface area contributed by atoms with Crippen LogP contribution in [0.15, 0.2) is 45.9 Å². The Morgan fingerprint density at radius 1 is 1.25 bits per heavy atom. The number of benzene rings is 1. The monoisotopic (exact) mass is 282 g/mol. The number of fused-ring (bicyclic) bond motifs is 2. The minimum atomic E-state index is -0.113. The van der Waals surface area contributed by atoms with Gasteiger partial charge in [0.05, 0.1) is 16.7 Å². The van der Waals surface area contributed by atoms with Crippen LogP contribution in [0, 0.1) is 6.92 Å². The maximum absolute atomic E-state index is 11.7. The minimum Gasteiger partial charge on any atom is -0.455 e. The summed E-state index contributed by atoms with van der Waals surface area (Å²) in [6.45, 7) is 2.05. The number of H-pyrrole nitrogens is 1. The molecule has 0 unspecified atom stereocenters. The molecule has 0 spiro atoms. The van der Waals surface area contributed by atoms with Gasteiger partial charge in [0.25, 0.3) is 5.56 Å². The molecule has 0 aliphatic carbocycles. The first-order valence-electron chi connectivity index (χ1n) is 6.18. The first-order valence-corrected chi connectivity index (χ1v) is 7.00. The highest BCUT2D eigenvalue weighted by Crippen LogP contribution is 2.34. The SMILES string of the molecule is Cc1ccc2oc(-c3cc4nc[nH]c(=O)c4s3)cc2c1. The van der Waals surface area contributed by atoms with Crippen molar-refractivity contribution in [1.82, 2.24) is 9.97 Å². The van der Waals surface area contributed by atoms with Crippen LogP contribution in [0.25, 0.3) is 31.8 Å². The van der Waals surface area contributed by atoms with Gasteiger partial charge in [0, 0.05) is 5.39 Å². The normalized spacial score (nSPS) is 11.4. The van der Waals surface area contributed by atoms with Crippen molar-refractivity contribution < 1.29 is 4.42 Å². The largest absolute Gasteiger partial charge is 0.455 e. The molecule has 0 atom stereocenters. The molecule has 3 aromatic heterocycles. The second-order valence-electron chi connectivity index (χ2n) is 4.71. The molecular weight excluding hydrogens is 272 g/mol. The number of aromatic nitrogens is 2. The van der Waals surface area contributed by atoms with E-state index in [1.165, 1.54) is 23.2 Å². The van der Waals surface area contributed by atoms with E-state index in [9.17, 15) is 4.79 Å². The van der Waals surface area contributed by atoms with E-state index in [1.54, 1.807) is 0 Å². The molecule has 20 heavy (non-hydrogen) atoms. The summed E-state index contributed by atoms with van der Waals surface area (Å²) in [6, 6.07) is 9.96. The molecule has 1 aromatic carbocycles. The molecule has 3 heterocycles. The smallest absolute Gasteiger partial charge is 0.268 e. The second kappa shape index (κ2) is 4.05. The zero-order chi connectivity index (χ0) is 13.7. The number of furan rings is 1. The van der Waals surface area contributed by atoms with Crippen LogP contribution >= 0.6 is 11.3 Å². The van der Waals surface area contributed by atoms with Crippen molar-refractivity contribution in [2.45, 2.75) is 6.92 Å². The van der Waals surface area contributed by atoms with Gasteiger partial charge < -0.3 is 9.40 Å². The van der Waals surface area contributed by atoms with Crippen LogP contribution in [0.5, 0.6) is 0 Å². The Labute approximate surface area is 117 Å². The zero-order valence-electron chi connectivity index (χ0n) is 10.6. The van der Waals surface area contributed by atoms with Gasteiger partial charge in [-0.3, -0.25) is 4.79 Å². The average molecular weight is 282 g/mol. The molecule has 0 bridgehead atoms. The van der Waals surface area contributed by atoms with Gasteiger partial charge in [-0.2, -0.15) is 0 Å². The van der Waals surface area contributed by atoms with Crippen molar-refractivity contribution in [2.24, 2.45) is 0 Å². The predicted octanol–water partition coefficient (Wildman–Crippen LogP) is 3.71. The quantitative estimate of drug-likeness (QED) is 0.579. The lowest BCUT2D eigenvalue weighted by Crippen LogP contribution is -2.02. The molecule has 98 valence electrons. The van der Waals surface area contributed by atoms with Crippen LogP contribution in [0.2, 0.25) is 0 Å². The van der Waals surface area contributed by atoms with Gasteiger partial charge in [-0.25, -0.2) is 4.98 Å². The van der Waals surface area contributed by atoms with E-state index in [4.69, 9.17) is 4.42 Å². The number of hydrogen-bond acceptors (Lipinski definition) is 4. The zero-order valence-corrected chi connectivity index (χ0v) is 11.5. The number of aromatic amines is 1. The van der Waals surface area contributed by atoms with E-state index < -0.39 is 0 Å². The lowest BCUT2D eigenvalue weighted by atomic mass is 10.2. The molecule has 4 nitrogen and oxygen atoms in total. The van der Waals surface area contributed by atoms with Crippen LogP contribution in [-0.4, -0.2) is 9.97 Å². The minimum absolute atomic E-state index is 0.113. The standard InChI is InChI=1S/C15H10N2O2S/c1-8-2-3-11-9(4-8)5-12(19-11)13-6-10-14(20-13)15(18)17-7-16-10/h2-7H,1H3,(H,16,17,18). The van der Waals surface area contributed by atoms with E-state index in [0.29, 0.717) is 10.2 Å². The van der Waals surface area contributed by atoms with Gasteiger partial charge in [0.1, 0.15) is 16.0 Å². The molecular formula is C15H10N2O2S. The summed E-state index contributed by atoms with van der Waals surface area (Å²) in [4.78, 5) is 19.4. The van der Waals surface area contributed by atoms with Crippen molar-refractivity contribution in [2.75, 3.05) is 0 Å². The Morgan fingerprint density at radius 2 is 2.15 bits per heavy atom. The predicted molar refractivity (Wildman–Crippen MR) is 80.2 cm³/mol. The van der Waals surface area contributed by atoms with Crippen molar-refractivity contribution in [1.29, 1.82) is 0 Å². The summed E-state index contributed by atoms with van der Waals surface area (Å²) in [5, 5.41) is 1.07. The van der Waals surface area contributed by atoms with Crippen molar-refractivity contribution in [3.63, 3.8) is 0 Å². The molecule has 0 saturated heterocycles.